The number of hydrogen-bond donors (Lipinski definition) is 2. The Kier molecular flexibility index (Phi) is 7.09. The Bertz CT molecular complexity index is 463. The molecule has 0 saturated heterocycles. The Morgan fingerprint density at radius 2 is 2.00 bits per heavy atom. The molecule has 0 radical (unpaired) electrons. The van der Waals surface area contributed by atoms with Crippen molar-refractivity contribution in [2.45, 2.75) is 39.2 Å². The first kappa shape index (κ1) is 16.5. The maximum Gasteiger partial charge on any atom is 0.252 e. The van der Waals surface area contributed by atoms with Crippen molar-refractivity contribution in [1.29, 1.82) is 0 Å². The first-order valence-corrected chi connectivity index (χ1v) is 7.24. The fourth-order valence-electron chi connectivity index (χ4n) is 1.88. The summed E-state index contributed by atoms with van der Waals surface area (Å²) < 4.78 is 0. The zero-order valence-electron chi connectivity index (χ0n) is 11.9. The number of nitrogens with one attached hydrogen (secondary N) is 2. The summed E-state index contributed by atoms with van der Waals surface area (Å²) in [6, 6.07) is 7.00. The van der Waals surface area contributed by atoms with Crippen molar-refractivity contribution in [3.63, 3.8) is 0 Å². The minimum Gasteiger partial charge on any atom is -0.354 e. The standard InChI is InChI=1S/C15H21ClN2O2/c1-3-6-11(2)18-14(19)9-10-17-15(20)12-7-4-5-8-13(12)16/h4-5,7-8,11H,3,6,9-10H2,1-2H3,(H,17,20)(H,18,19)/t11-/m0/s1. The normalized spacial score (nSPS) is 11.8. The van der Waals surface area contributed by atoms with Crippen LogP contribution in [0.25, 0.3) is 0 Å². The predicted molar refractivity (Wildman–Crippen MR) is 80.9 cm³/mol. The van der Waals surface area contributed by atoms with Crippen molar-refractivity contribution in [3.05, 3.63) is 34.9 Å². The lowest BCUT2D eigenvalue weighted by Crippen LogP contribution is -2.35. The highest BCUT2D eigenvalue weighted by Gasteiger charge is 2.10. The maximum absolute atomic E-state index is 11.8. The fraction of sp³-hybridized carbons (Fsp3) is 0.467. The van der Waals surface area contributed by atoms with Gasteiger partial charge in [-0.3, -0.25) is 9.59 Å². The molecule has 110 valence electrons. The molecule has 0 heterocycles. The van der Waals surface area contributed by atoms with E-state index in [9.17, 15) is 9.59 Å². The minimum absolute atomic E-state index is 0.0505. The van der Waals surface area contributed by atoms with E-state index in [4.69, 9.17) is 11.6 Å². The van der Waals surface area contributed by atoms with E-state index < -0.39 is 0 Å². The van der Waals surface area contributed by atoms with Gasteiger partial charge in [-0.05, 0) is 25.5 Å². The Labute approximate surface area is 124 Å². The molecule has 0 aliphatic rings. The van der Waals surface area contributed by atoms with Gasteiger partial charge in [0.05, 0.1) is 10.6 Å². The molecule has 1 rings (SSSR count). The highest BCUT2D eigenvalue weighted by atomic mass is 35.5. The molecule has 0 bridgehead atoms. The van der Waals surface area contributed by atoms with Crippen LogP contribution in [0.4, 0.5) is 0 Å². The predicted octanol–water partition coefficient (Wildman–Crippen LogP) is 2.76. The average molecular weight is 297 g/mol. The summed E-state index contributed by atoms with van der Waals surface area (Å²) >= 11 is 5.92. The van der Waals surface area contributed by atoms with E-state index in [1.165, 1.54) is 0 Å². The van der Waals surface area contributed by atoms with Gasteiger partial charge in [-0.2, -0.15) is 0 Å². The monoisotopic (exact) mass is 296 g/mol. The molecule has 0 unspecified atom stereocenters. The highest BCUT2D eigenvalue weighted by Crippen LogP contribution is 2.14. The van der Waals surface area contributed by atoms with E-state index in [1.807, 2.05) is 6.92 Å². The van der Waals surface area contributed by atoms with Crippen LogP contribution in [-0.2, 0) is 4.79 Å². The zero-order chi connectivity index (χ0) is 15.0. The van der Waals surface area contributed by atoms with Gasteiger partial charge in [-0.15, -0.1) is 0 Å². The van der Waals surface area contributed by atoms with Crippen molar-refractivity contribution < 1.29 is 9.59 Å². The molecule has 4 nitrogen and oxygen atoms in total. The Balaban J connectivity index is 2.32. The number of benzene rings is 1. The molecule has 5 heteroatoms. The molecule has 2 amide bonds. The molecule has 0 spiro atoms. The molecule has 1 aromatic carbocycles. The van der Waals surface area contributed by atoms with Crippen LogP contribution in [0.15, 0.2) is 24.3 Å². The summed E-state index contributed by atoms with van der Waals surface area (Å²) in [4.78, 5) is 23.5. The second-order valence-corrected chi connectivity index (χ2v) is 5.15. The number of hydrogen-bond acceptors (Lipinski definition) is 2. The summed E-state index contributed by atoms with van der Waals surface area (Å²) in [5.41, 5.74) is 0.425. The van der Waals surface area contributed by atoms with Crippen molar-refractivity contribution in [2.24, 2.45) is 0 Å². The van der Waals surface area contributed by atoms with Crippen LogP contribution in [0.1, 0.15) is 43.5 Å². The average Bonchev–Trinajstić information content (AvgIpc) is 2.39. The number of halogens is 1. The lowest BCUT2D eigenvalue weighted by Gasteiger charge is -2.13. The molecule has 1 aromatic rings. The molecule has 0 aromatic heterocycles. The van der Waals surface area contributed by atoms with Gasteiger partial charge in [0.2, 0.25) is 5.91 Å². The first-order valence-electron chi connectivity index (χ1n) is 6.86. The molecule has 0 aliphatic heterocycles. The largest absolute Gasteiger partial charge is 0.354 e. The van der Waals surface area contributed by atoms with E-state index >= 15 is 0 Å². The van der Waals surface area contributed by atoms with Crippen LogP contribution in [0.3, 0.4) is 0 Å². The molecule has 20 heavy (non-hydrogen) atoms. The van der Waals surface area contributed by atoms with Crippen LogP contribution in [0.2, 0.25) is 5.02 Å². The second kappa shape index (κ2) is 8.59. The van der Waals surface area contributed by atoms with Crippen molar-refractivity contribution >= 4 is 23.4 Å². The van der Waals surface area contributed by atoms with Crippen LogP contribution in [0.5, 0.6) is 0 Å². The van der Waals surface area contributed by atoms with Crippen molar-refractivity contribution in [2.75, 3.05) is 6.54 Å². The summed E-state index contributed by atoms with van der Waals surface area (Å²) in [6.45, 7) is 4.35. The smallest absolute Gasteiger partial charge is 0.252 e. The third kappa shape index (κ3) is 5.61. The van der Waals surface area contributed by atoms with Gasteiger partial charge in [0.25, 0.3) is 5.91 Å². The fourth-order valence-corrected chi connectivity index (χ4v) is 2.10. The van der Waals surface area contributed by atoms with Crippen LogP contribution >= 0.6 is 11.6 Å². The molecule has 0 saturated carbocycles. The number of carbonyl (C=O) groups excluding carboxylic acids is 2. The third-order valence-corrected chi connectivity index (χ3v) is 3.21. The maximum atomic E-state index is 11.8. The Morgan fingerprint density at radius 3 is 2.65 bits per heavy atom. The van der Waals surface area contributed by atoms with E-state index in [0.717, 1.165) is 12.8 Å². The summed E-state index contributed by atoms with van der Waals surface area (Å²) in [6.07, 6.45) is 2.26. The third-order valence-electron chi connectivity index (χ3n) is 2.89. The van der Waals surface area contributed by atoms with Gasteiger partial charge in [0, 0.05) is 19.0 Å². The van der Waals surface area contributed by atoms with Gasteiger partial charge >= 0.3 is 0 Å². The molecule has 0 aliphatic carbocycles. The van der Waals surface area contributed by atoms with Gasteiger partial charge < -0.3 is 10.6 Å². The van der Waals surface area contributed by atoms with E-state index in [1.54, 1.807) is 24.3 Å². The Hall–Kier alpha value is -1.55. The summed E-state index contributed by atoms with van der Waals surface area (Å²) in [5.74, 6) is -0.310. The van der Waals surface area contributed by atoms with Crippen LogP contribution < -0.4 is 10.6 Å². The van der Waals surface area contributed by atoms with Gasteiger partial charge in [-0.25, -0.2) is 0 Å². The molecule has 2 N–H and O–H groups in total. The van der Waals surface area contributed by atoms with E-state index in [0.29, 0.717) is 17.1 Å². The van der Waals surface area contributed by atoms with Gasteiger partial charge in [0.1, 0.15) is 0 Å². The van der Waals surface area contributed by atoms with E-state index in [-0.39, 0.29) is 24.3 Å². The SMILES string of the molecule is CCC[C@H](C)NC(=O)CCNC(=O)c1ccccc1Cl. The summed E-state index contributed by atoms with van der Waals surface area (Å²) in [7, 11) is 0. The second-order valence-electron chi connectivity index (χ2n) is 4.74. The van der Waals surface area contributed by atoms with Crippen molar-refractivity contribution in [1.82, 2.24) is 10.6 Å². The lowest BCUT2D eigenvalue weighted by molar-refractivity contribution is -0.121. The van der Waals surface area contributed by atoms with E-state index in [2.05, 4.69) is 17.6 Å². The zero-order valence-corrected chi connectivity index (χ0v) is 12.7. The molecular formula is C15H21ClN2O2. The lowest BCUT2D eigenvalue weighted by atomic mass is 10.2. The summed E-state index contributed by atoms with van der Waals surface area (Å²) in [5, 5.41) is 5.99. The quantitative estimate of drug-likeness (QED) is 0.813. The molecule has 0 fully saturated rings. The first-order chi connectivity index (χ1) is 9.54. The topological polar surface area (TPSA) is 58.2 Å². The minimum atomic E-state index is -0.259. The highest BCUT2D eigenvalue weighted by molar-refractivity contribution is 6.33. The molecule has 1 atom stereocenters. The molecular weight excluding hydrogens is 276 g/mol. The van der Waals surface area contributed by atoms with Gasteiger partial charge in [-0.1, -0.05) is 37.1 Å². The van der Waals surface area contributed by atoms with Crippen LogP contribution in [-0.4, -0.2) is 24.4 Å². The van der Waals surface area contributed by atoms with Crippen molar-refractivity contribution in [3.8, 4) is 0 Å². The Morgan fingerprint density at radius 1 is 1.30 bits per heavy atom. The number of rotatable bonds is 7. The van der Waals surface area contributed by atoms with Crippen LogP contribution in [0, 0.1) is 0 Å². The van der Waals surface area contributed by atoms with Gasteiger partial charge in [0.15, 0.2) is 0 Å². The number of amides is 2. The number of carbonyl (C=O) groups is 2.